The van der Waals surface area contributed by atoms with Crippen LogP contribution in [0.2, 0.25) is 5.02 Å². The Morgan fingerprint density at radius 3 is 2.55 bits per heavy atom. The van der Waals surface area contributed by atoms with Gasteiger partial charge in [-0.3, -0.25) is 10.1 Å². The zero-order chi connectivity index (χ0) is 14.5. The SMILES string of the molecule is CNc1ccc([N+](=O)[O-])cc1COc1ccc(Cl)cc1. The van der Waals surface area contributed by atoms with Crippen molar-refractivity contribution in [3.63, 3.8) is 0 Å². The van der Waals surface area contributed by atoms with Crippen LogP contribution < -0.4 is 10.1 Å². The second kappa shape index (κ2) is 6.25. The molecule has 0 fully saturated rings. The molecule has 0 unspecified atom stereocenters. The van der Waals surface area contributed by atoms with Crippen LogP contribution in [0.25, 0.3) is 0 Å². The largest absolute Gasteiger partial charge is 0.489 e. The molecule has 2 aromatic carbocycles. The molecule has 0 aliphatic rings. The molecule has 2 rings (SSSR count). The van der Waals surface area contributed by atoms with E-state index < -0.39 is 4.92 Å². The van der Waals surface area contributed by atoms with Crippen molar-refractivity contribution < 1.29 is 9.66 Å². The molecule has 0 aromatic heterocycles. The molecule has 0 spiro atoms. The van der Waals surface area contributed by atoms with Crippen LogP contribution in [0.5, 0.6) is 5.75 Å². The molecule has 0 heterocycles. The van der Waals surface area contributed by atoms with Gasteiger partial charge in [0.25, 0.3) is 5.69 Å². The quantitative estimate of drug-likeness (QED) is 0.671. The second-order valence-corrected chi connectivity index (χ2v) is 4.53. The fraction of sp³-hybridized carbons (Fsp3) is 0.143. The topological polar surface area (TPSA) is 64.4 Å². The van der Waals surface area contributed by atoms with Crippen LogP contribution in [0.3, 0.4) is 0 Å². The molecule has 2 aromatic rings. The Balaban J connectivity index is 2.16. The molecule has 20 heavy (non-hydrogen) atoms. The van der Waals surface area contributed by atoms with E-state index in [9.17, 15) is 10.1 Å². The number of non-ortho nitro benzene ring substituents is 1. The highest BCUT2D eigenvalue weighted by Crippen LogP contribution is 2.24. The van der Waals surface area contributed by atoms with Gasteiger partial charge in [-0.1, -0.05) is 11.6 Å². The van der Waals surface area contributed by atoms with E-state index in [1.165, 1.54) is 12.1 Å². The van der Waals surface area contributed by atoms with Crippen LogP contribution >= 0.6 is 11.6 Å². The number of nitrogens with zero attached hydrogens (tertiary/aromatic N) is 1. The standard InChI is InChI=1S/C14H13ClN2O3/c1-16-14-7-4-12(17(18)19)8-10(14)9-20-13-5-2-11(15)3-6-13/h2-8,16H,9H2,1H3. The Morgan fingerprint density at radius 2 is 1.95 bits per heavy atom. The number of nitrogens with one attached hydrogen (secondary N) is 1. The van der Waals surface area contributed by atoms with Gasteiger partial charge in [0, 0.05) is 35.5 Å². The third-order valence-corrected chi connectivity index (χ3v) is 3.03. The number of halogens is 1. The van der Waals surface area contributed by atoms with Crippen LogP contribution in [-0.2, 0) is 6.61 Å². The number of rotatable bonds is 5. The van der Waals surface area contributed by atoms with E-state index in [2.05, 4.69) is 5.32 Å². The molecule has 0 bridgehead atoms. The van der Waals surface area contributed by atoms with Crippen LogP contribution in [0.15, 0.2) is 42.5 Å². The van der Waals surface area contributed by atoms with Crippen LogP contribution in [0.4, 0.5) is 11.4 Å². The Morgan fingerprint density at radius 1 is 1.25 bits per heavy atom. The van der Waals surface area contributed by atoms with Gasteiger partial charge >= 0.3 is 0 Å². The number of ether oxygens (including phenoxy) is 1. The van der Waals surface area contributed by atoms with E-state index in [0.717, 1.165) is 11.3 Å². The minimum Gasteiger partial charge on any atom is -0.489 e. The third kappa shape index (κ3) is 3.39. The van der Waals surface area contributed by atoms with Crippen molar-refractivity contribution in [3.8, 4) is 5.75 Å². The summed E-state index contributed by atoms with van der Waals surface area (Å²) in [6, 6.07) is 11.6. The predicted octanol–water partition coefficient (Wildman–Crippen LogP) is 3.87. The van der Waals surface area contributed by atoms with Gasteiger partial charge in [0.15, 0.2) is 0 Å². The lowest BCUT2D eigenvalue weighted by Gasteiger charge is -2.10. The van der Waals surface area contributed by atoms with Crippen molar-refractivity contribution in [2.45, 2.75) is 6.61 Å². The smallest absolute Gasteiger partial charge is 0.269 e. The summed E-state index contributed by atoms with van der Waals surface area (Å²) >= 11 is 5.79. The lowest BCUT2D eigenvalue weighted by molar-refractivity contribution is -0.384. The van der Waals surface area contributed by atoms with Gasteiger partial charge in [0.1, 0.15) is 12.4 Å². The van der Waals surface area contributed by atoms with Gasteiger partial charge < -0.3 is 10.1 Å². The molecular formula is C14H13ClN2O3. The van der Waals surface area contributed by atoms with E-state index in [4.69, 9.17) is 16.3 Å². The molecule has 0 radical (unpaired) electrons. The van der Waals surface area contributed by atoms with Crippen LogP contribution in [0, 0.1) is 10.1 Å². The highest BCUT2D eigenvalue weighted by Gasteiger charge is 2.10. The lowest BCUT2D eigenvalue weighted by Crippen LogP contribution is -2.02. The first-order valence-corrected chi connectivity index (χ1v) is 6.31. The maximum absolute atomic E-state index is 10.8. The molecule has 5 nitrogen and oxygen atoms in total. The molecule has 0 saturated heterocycles. The van der Waals surface area contributed by atoms with Crippen molar-refractivity contribution in [1.82, 2.24) is 0 Å². The summed E-state index contributed by atoms with van der Waals surface area (Å²) in [5, 5.41) is 14.4. The minimum atomic E-state index is -0.425. The summed E-state index contributed by atoms with van der Waals surface area (Å²) in [7, 11) is 1.76. The van der Waals surface area contributed by atoms with Gasteiger partial charge in [-0.15, -0.1) is 0 Å². The maximum atomic E-state index is 10.8. The summed E-state index contributed by atoms with van der Waals surface area (Å²) < 4.78 is 5.60. The molecule has 6 heteroatoms. The Labute approximate surface area is 121 Å². The van der Waals surface area contributed by atoms with Crippen molar-refractivity contribution >= 4 is 23.0 Å². The fourth-order valence-corrected chi connectivity index (χ4v) is 1.87. The first-order chi connectivity index (χ1) is 9.60. The number of anilines is 1. The van der Waals surface area contributed by atoms with Gasteiger partial charge in [-0.25, -0.2) is 0 Å². The summed E-state index contributed by atoms with van der Waals surface area (Å²) in [5.41, 5.74) is 1.56. The monoisotopic (exact) mass is 292 g/mol. The first kappa shape index (κ1) is 14.1. The van der Waals surface area contributed by atoms with Gasteiger partial charge in [-0.2, -0.15) is 0 Å². The van der Waals surface area contributed by atoms with E-state index in [1.807, 2.05) is 0 Å². The summed E-state index contributed by atoms with van der Waals surface area (Å²) in [4.78, 5) is 10.4. The van der Waals surface area contributed by atoms with E-state index in [-0.39, 0.29) is 12.3 Å². The van der Waals surface area contributed by atoms with Crippen molar-refractivity contribution in [1.29, 1.82) is 0 Å². The van der Waals surface area contributed by atoms with E-state index in [1.54, 1.807) is 37.4 Å². The predicted molar refractivity (Wildman–Crippen MR) is 78.4 cm³/mol. The maximum Gasteiger partial charge on any atom is 0.269 e. The number of benzene rings is 2. The Kier molecular flexibility index (Phi) is 4.42. The summed E-state index contributed by atoms with van der Waals surface area (Å²) in [6.45, 7) is 0.236. The molecule has 104 valence electrons. The highest BCUT2D eigenvalue weighted by molar-refractivity contribution is 6.30. The first-order valence-electron chi connectivity index (χ1n) is 5.93. The molecule has 1 N–H and O–H groups in total. The zero-order valence-electron chi connectivity index (χ0n) is 10.8. The lowest BCUT2D eigenvalue weighted by atomic mass is 10.1. The fourth-order valence-electron chi connectivity index (χ4n) is 1.75. The zero-order valence-corrected chi connectivity index (χ0v) is 11.6. The summed E-state index contributed by atoms with van der Waals surface area (Å²) in [5.74, 6) is 0.656. The molecule has 0 amide bonds. The number of hydrogen-bond donors (Lipinski definition) is 1. The van der Waals surface area contributed by atoms with Gasteiger partial charge in [0.2, 0.25) is 0 Å². The minimum absolute atomic E-state index is 0.0405. The number of nitro groups is 1. The second-order valence-electron chi connectivity index (χ2n) is 4.09. The average Bonchev–Trinajstić information content (AvgIpc) is 2.46. The van der Waals surface area contributed by atoms with Crippen LogP contribution in [-0.4, -0.2) is 12.0 Å². The van der Waals surface area contributed by atoms with Gasteiger partial charge in [0.05, 0.1) is 4.92 Å². The van der Waals surface area contributed by atoms with E-state index >= 15 is 0 Å². The van der Waals surface area contributed by atoms with Crippen molar-refractivity contribution in [3.05, 3.63) is 63.2 Å². The van der Waals surface area contributed by atoms with Gasteiger partial charge in [-0.05, 0) is 30.3 Å². The third-order valence-electron chi connectivity index (χ3n) is 2.78. The molecule has 0 aliphatic heterocycles. The van der Waals surface area contributed by atoms with Crippen molar-refractivity contribution in [2.24, 2.45) is 0 Å². The summed E-state index contributed by atoms with van der Waals surface area (Å²) in [6.07, 6.45) is 0. The molecule has 0 aliphatic carbocycles. The average molecular weight is 293 g/mol. The highest BCUT2D eigenvalue weighted by atomic mass is 35.5. The molecule has 0 saturated carbocycles. The Bertz CT molecular complexity index is 614. The van der Waals surface area contributed by atoms with E-state index in [0.29, 0.717) is 10.8 Å². The normalized spacial score (nSPS) is 10.1. The Hall–Kier alpha value is -2.27. The van der Waals surface area contributed by atoms with Crippen molar-refractivity contribution in [2.75, 3.05) is 12.4 Å². The molecular weight excluding hydrogens is 280 g/mol. The van der Waals surface area contributed by atoms with Crippen LogP contribution in [0.1, 0.15) is 5.56 Å². The number of hydrogen-bond acceptors (Lipinski definition) is 4. The number of nitro benzene ring substituents is 1. The molecule has 0 atom stereocenters.